The molecule has 2 aromatic carbocycles. The number of aromatic nitrogens is 3. The van der Waals surface area contributed by atoms with Gasteiger partial charge >= 0.3 is 5.97 Å². The number of benzene rings is 2. The number of nitrogens with zero attached hydrogens (tertiary/aromatic N) is 3. The van der Waals surface area contributed by atoms with Crippen LogP contribution in [0.4, 0.5) is 5.69 Å². The quantitative estimate of drug-likeness (QED) is 0.400. The summed E-state index contributed by atoms with van der Waals surface area (Å²) >= 11 is 1.36. The van der Waals surface area contributed by atoms with Crippen molar-refractivity contribution in [3.63, 3.8) is 0 Å². The number of fused-ring (bicyclic) bond motifs is 1. The van der Waals surface area contributed by atoms with Gasteiger partial charge in [0, 0.05) is 23.7 Å². The van der Waals surface area contributed by atoms with Gasteiger partial charge in [-0.25, -0.2) is 9.78 Å². The van der Waals surface area contributed by atoms with Gasteiger partial charge in [-0.15, -0.1) is 0 Å². The lowest BCUT2D eigenvalue weighted by Crippen LogP contribution is -2.17. The van der Waals surface area contributed by atoms with Crippen LogP contribution in [0, 0.1) is 12.8 Å². The van der Waals surface area contributed by atoms with E-state index in [2.05, 4.69) is 29.2 Å². The van der Waals surface area contributed by atoms with Crippen LogP contribution in [0.5, 0.6) is 0 Å². The smallest absolute Gasteiger partial charge is 0.338 e. The van der Waals surface area contributed by atoms with E-state index in [-0.39, 0.29) is 18.1 Å². The molecule has 0 aliphatic rings. The summed E-state index contributed by atoms with van der Waals surface area (Å²) in [6, 6.07) is 15.0. The first kappa shape index (κ1) is 23.3. The molecular weight excluding hydrogens is 452 g/mol. The van der Waals surface area contributed by atoms with E-state index in [1.807, 2.05) is 25.1 Å². The molecule has 174 valence electrons. The predicted octanol–water partition coefficient (Wildman–Crippen LogP) is 4.27. The summed E-state index contributed by atoms with van der Waals surface area (Å²) in [5.41, 5.74) is 2.40. The summed E-state index contributed by atoms with van der Waals surface area (Å²) in [7, 11) is 0. The topological polar surface area (TPSA) is 103 Å². The average Bonchev–Trinajstić information content (AvgIpc) is 3.20. The Morgan fingerprint density at radius 3 is 2.56 bits per heavy atom. The molecule has 9 heteroatoms. The van der Waals surface area contributed by atoms with Crippen molar-refractivity contribution in [3.05, 3.63) is 92.3 Å². The highest BCUT2D eigenvalue weighted by atomic mass is 32.1. The monoisotopic (exact) mass is 476 g/mol. The minimum absolute atomic E-state index is 0.131. The summed E-state index contributed by atoms with van der Waals surface area (Å²) in [5.74, 6) is -0.358. The van der Waals surface area contributed by atoms with Gasteiger partial charge in [-0.2, -0.15) is 9.61 Å². The second-order valence-electron chi connectivity index (χ2n) is 8.30. The Bertz CT molecular complexity index is 1410. The van der Waals surface area contributed by atoms with Crippen molar-refractivity contribution in [3.8, 4) is 0 Å². The molecule has 8 nitrogen and oxygen atoms in total. The van der Waals surface area contributed by atoms with Gasteiger partial charge in [0.2, 0.25) is 4.96 Å². The fourth-order valence-corrected chi connectivity index (χ4v) is 4.47. The van der Waals surface area contributed by atoms with Crippen molar-refractivity contribution in [2.75, 3.05) is 5.32 Å². The van der Waals surface area contributed by atoms with Gasteiger partial charge in [0.15, 0.2) is 0 Å². The standard InChI is InChI=1S/C25H24N4O4S/c1-15(2)12-21-28-29-22(30)13-19(27-25(29)34-21)14-33-24(32)17-8-10-18(11-9-17)26-23(31)20-7-5-4-6-16(20)3/h4-11,13,15H,12,14H2,1-3H3,(H,26,31). The van der Waals surface area contributed by atoms with Crippen LogP contribution in [0.2, 0.25) is 0 Å². The largest absolute Gasteiger partial charge is 0.456 e. The zero-order valence-corrected chi connectivity index (χ0v) is 19.9. The SMILES string of the molecule is Cc1ccccc1C(=O)Nc1ccc(C(=O)OCc2cc(=O)n3nc(CC(C)C)sc3n2)cc1. The Balaban J connectivity index is 1.39. The summed E-state index contributed by atoms with van der Waals surface area (Å²) in [5, 5.41) is 7.97. The number of nitrogens with one attached hydrogen (secondary N) is 1. The zero-order chi connectivity index (χ0) is 24.2. The van der Waals surface area contributed by atoms with Crippen molar-refractivity contribution >= 4 is 33.9 Å². The van der Waals surface area contributed by atoms with Gasteiger partial charge in [-0.1, -0.05) is 43.4 Å². The molecule has 0 radical (unpaired) electrons. The van der Waals surface area contributed by atoms with Crippen LogP contribution < -0.4 is 10.9 Å². The Labute approximate surface area is 200 Å². The van der Waals surface area contributed by atoms with Crippen molar-refractivity contribution in [2.24, 2.45) is 5.92 Å². The Hall–Kier alpha value is -3.85. The number of ether oxygens (including phenoxy) is 1. The Morgan fingerprint density at radius 2 is 1.85 bits per heavy atom. The third-order valence-electron chi connectivity index (χ3n) is 5.04. The molecule has 34 heavy (non-hydrogen) atoms. The summed E-state index contributed by atoms with van der Waals surface area (Å²) in [4.78, 5) is 42.1. The van der Waals surface area contributed by atoms with Crippen LogP contribution in [0.15, 0.2) is 59.4 Å². The van der Waals surface area contributed by atoms with Crippen LogP contribution in [0.3, 0.4) is 0 Å². The second-order valence-corrected chi connectivity index (χ2v) is 9.34. The third-order valence-corrected chi connectivity index (χ3v) is 5.97. The molecule has 0 spiro atoms. The van der Waals surface area contributed by atoms with Crippen molar-refractivity contribution in [1.29, 1.82) is 0 Å². The maximum absolute atomic E-state index is 12.5. The highest BCUT2D eigenvalue weighted by Crippen LogP contribution is 2.17. The van der Waals surface area contributed by atoms with E-state index in [0.29, 0.717) is 33.4 Å². The molecule has 4 aromatic rings. The van der Waals surface area contributed by atoms with E-state index in [4.69, 9.17) is 4.74 Å². The molecule has 0 aliphatic heterocycles. The molecule has 2 heterocycles. The maximum atomic E-state index is 12.5. The molecule has 0 saturated heterocycles. The lowest BCUT2D eigenvalue weighted by Gasteiger charge is -2.08. The number of aryl methyl sites for hydroxylation is 1. The van der Waals surface area contributed by atoms with Crippen LogP contribution in [-0.4, -0.2) is 26.5 Å². The second kappa shape index (κ2) is 9.96. The van der Waals surface area contributed by atoms with Gasteiger partial charge in [0.05, 0.1) is 11.3 Å². The third kappa shape index (κ3) is 5.37. The van der Waals surface area contributed by atoms with E-state index in [1.165, 1.54) is 21.9 Å². The van der Waals surface area contributed by atoms with Gasteiger partial charge in [0.1, 0.15) is 11.6 Å². The van der Waals surface area contributed by atoms with Crippen LogP contribution in [0.1, 0.15) is 50.8 Å². The molecule has 0 atom stereocenters. The molecule has 0 unspecified atom stereocenters. The van der Waals surface area contributed by atoms with Gasteiger partial charge in [-0.05, 0) is 48.7 Å². The summed E-state index contributed by atoms with van der Waals surface area (Å²) < 4.78 is 6.62. The number of esters is 1. The molecule has 1 N–H and O–H groups in total. The number of hydrogen-bond donors (Lipinski definition) is 1. The van der Waals surface area contributed by atoms with Crippen LogP contribution in [0.25, 0.3) is 4.96 Å². The van der Waals surface area contributed by atoms with E-state index >= 15 is 0 Å². The molecule has 4 rings (SSSR count). The minimum Gasteiger partial charge on any atom is -0.456 e. The highest BCUT2D eigenvalue weighted by Gasteiger charge is 2.13. The summed E-state index contributed by atoms with van der Waals surface area (Å²) in [6.45, 7) is 5.90. The first-order valence-electron chi connectivity index (χ1n) is 10.8. The van der Waals surface area contributed by atoms with Crippen LogP contribution in [-0.2, 0) is 17.8 Å². The fraction of sp³-hybridized carbons (Fsp3) is 0.240. The van der Waals surface area contributed by atoms with Crippen molar-refractivity contribution in [2.45, 2.75) is 33.8 Å². The fourth-order valence-electron chi connectivity index (χ4n) is 3.34. The maximum Gasteiger partial charge on any atom is 0.338 e. The average molecular weight is 477 g/mol. The number of rotatable bonds is 7. The molecule has 1 amide bonds. The van der Waals surface area contributed by atoms with E-state index < -0.39 is 5.97 Å². The summed E-state index contributed by atoms with van der Waals surface area (Å²) in [6.07, 6.45) is 0.763. The zero-order valence-electron chi connectivity index (χ0n) is 19.1. The number of carbonyl (C=O) groups excluding carboxylic acids is 2. The van der Waals surface area contributed by atoms with E-state index in [0.717, 1.165) is 17.0 Å². The van der Waals surface area contributed by atoms with E-state index in [9.17, 15) is 14.4 Å². The van der Waals surface area contributed by atoms with Crippen molar-refractivity contribution in [1.82, 2.24) is 14.6 Å². The number of hydrogen-bond acceptors (Lipinski definition) is 7. The molecule has 0 aliphatic carbocycles. The van der Waals surface area contributed by atoms with Gasteiger partial charge in [-0.3, -0.25) is 9.59 Å². The molecule has 2 aromatic heterocycles. The molecule has 0 fully saturated rings. The normalized spacial score (nSPS) is 11.1. The van der Waals surface area contributed by atoms with Gasteiger partial charge in [0.25, 0.3) is 11.5 Å². The van der Waals surface area contributed by atoms with Crippen LogP contribution >= 0.6 is 11.3 Å². The number of anilines is 1. The first-order chi connectivity index (χ1) is 16.3. The van der Waals surface area contributed by atoms with Gasteiger partial charge < -0.3 is 10.1 Å². The predicted molar refractivity (Wildman–Crippen MR) is 130 cm³/mol. The highest BCUT2D eigenvalue weighted by molar-refractivity contribution is 7.16. The van der Waals surface area contributed by atoms with Crippen molar-refractivity contribution < 1.29 is 14.3 Å². The molecular formula is C25H24N4O4S. The lowest BCUT2D eigenvalue weighted by atomic mass is 10.1. The molecule has 0 saturated carbocycles. The Kier molecular flexibility index (Phi) is 6.83. The number of amides is 1. The molecule has 0 bridgehead atoms. The minimum atomic E-state index is -0.552. The lowest BCUT2D eigenvalue weighted by molar-refractivity contribution is 0.0467. The Morgan fingerprint density at radius 1 is 1.12 bits per heavy atom. The number of carbonyl (C=O) groups is 2. The first-order valence-corrected chi connectivity index (χ1v) is 11.6. The van der Waals surface area contributed by atoms with E-state index in [1.54, 1.807) is 30.3 Å².